The summed E-state index contributed by atoms with van der Waals surface area (Å²) >= 11 is 0. The van der Waals surface area contributed by atoms with Gasteiger partial charge in [-0.05, 0) is 43.2 Å². The van der Waals surface area contributed by atoms with Crippen molar-refractivity contribution in [1.82, 2.24) is 14.5 Å². The maximum atomic E-state index is 12.7. The van der Waals surface area contributed by atoms with Crippen LogP contribution in [0.15, 0.2) is 58.5 Å². The Labute approximate surface area is 175 Å². The summed E-state index contributed by atoms with van der Waals surface area (Å²) < 4.78 is 24.6. The van der Waals surface area contributed by atoms with Crippen molar-refractivity contribution in [3.8, 4) is 0 Å². The Morgan fingerprint density at radius 1 is 1.23 bits per heavy atom. The predicted octanol–water partition coefficient (Wildman–Crippen LogP) is 1.96. The van der Waals surface area contributed by atoms with E-state index in [2.05, 4.69) is 4.98 Å². The Morgan fingerprint density at radius 2 is 1.93 bits per heavy atom. The van der Waals surface area contributed by atoms with Gasteiger partial charge in [0, 0.05) is 20.0 Å². The van der Waals surface area contributed by atoms with E-state index in [4.69, 9.17) is 5.14 Å². The molecule has 30 heavy (non-hydrogen) atoms. The fraction of sp³-hybridized carbons (Fsp3) is 0.286. The molecule has 1 heterocycles. The van der Waals surface area contributed by atoms with Crippen LogP contribution in [-0.4, -0.2) is 35.8 Å². The molecule has 9 heteroatoms. The normalized spacial score (nSPS) is 12.7. The van der Waals surface area contributed by atoms with Gasteiger partial charge in [0.1, 0.15) is 0 Å². The highest BCUT2D eigenvalue weighted by Gasteiger charge is 2.19. The monoisotopic (exact) mass is 428 g/mol. The minimum atomic E-state index is -3.83. The van der Waals surface area contributed by atoms with Crippen LogP contribution in [0.3, 0.4) is 0 Å². The zero-order chi connectivity index (χ0) is 22.1. The molecule has 8 nitrogen and oxygen atoms in total. The van der Waals surface area contributed by atoms with E-state index >= 15 is 0 Å². The van der Waals surface area contributed by atoms with Crippen LogP contribution in [0.5, 0.6) is 0 Å². The van der Waals surface area contributed by atoms with E-state index in [0.29, 0.717) is 16.5 Å². The van der Waals surface area contributed by atoms with Crippen LogP contribution < -0.4 is 10.7 Å². The molecule has 1 unspecified atom stereocenters. The van der Waals surface area contributed by atoms with Crippen LogP contribution in [0.2, 0.25) is 0 Å². The van der Waals surface area contributed by atoms with E-state index in [0.717, 1.165) is 5.56 Å². The first kappa shape index (κ1) is 21.7. The standard InChI is InChI=1S/C21H24N4O4S/c1-14-6-4-9-18-20(14)23-13-25(21(18)27)11-10-19(26)24(3)15(2)16-7-5-8-17(12-16)30(22,28)29/h4-9,12-13,15H,10-11H2,1-3H3,(H2,22,28,29). The molecule has 3 rings (SSSR count). The molecule has 0 aliphatic heterocycles. The molecule has 0 spiro atoms. The number of nitrogens with two attached hydrogens (primary N) is 1. The number of nitrogens with zero attached hydrogens (tertiary/aromatic N) is 3. The minimum Gasteiger partial charge on any atom is -0.339 e. The number of benzene rings is 2. The first-order valence-corrected chi connectivity index (χ1v) is 11.0. The lowest BCUT2D eigenvalue weighted by Gasteiger charge is -2.26. The lowest BCUT2D eigenvalue weighted by Crippen LogP contribution is -2.31. The fourth-order valence-corrected chi connectivity index (χ4v) is 3.85. The minimum absolute atomic E-state index is 0.00298. The molecule has 0 aliphatic carbocycles. The van der Waals surface area contributed by atoms with Crippen molar-refractivity contribution in [3.05, 3.63) is 70.3 Å². The second-order valence-corrected chi connectivity index (χ2v) is 8.82. The van der Waals surface area contributed by atoms with Crippen molar-refractivity contribution in [2.75, 3.05) is 7.05 Å². The van der Waals surface area contributed by atoms with Crippen molar-refractivity contribution in [2.45, 2.75) is 37.8 Å². The predicted molar refractivity (Wildman–Crippen MR) is 114 cm³/mol. The van der Waals surface area contributed by atoms with Gasteiger partial charge in [-0.3, -0.25) is 14.2 Å². The molecule has 1 atom stereocenters. The molecule has 0 saturated heterocycles. The Balaban J connectivity index is 1.74. The number of primary sulfonamides is 1. The molecule has 1 amide bonds. The Hall–Kier alpha value is -3.04. The van der Waals surface area contributed by atoms with Gasteiger partial charge in [-0.15, -0.1) is 0 Å². The number of hydrogen-bond donors (Lipinski definition) is 1. The van der Waals surface area contributed by atoms with E-state index in [1.807, 2.05) is 13.0 Å². The van der Waals surface area contributed by atoms with Crippen molar-refractivity contribution in [3.63, 3.8) is 0 Å². The van der Waals surface area contributed by atoms with Crippen LogP contribution in [0.4, 0.5) is 0 Å². The van der Waals surface area contributed by atoms with Gasteiger partial charge < -0.3 is 4.90 Å². The number of aromatic nitrogens is 2. The van der Waals surface area contributed by atoms with Crippen LogP contribution in [0.1, 0.15) is 30.5 Å². The summed E-state index contributed by atoms with van der Waals surface area (Å²) in [5, 5.41) is 5.71. The smallest absolute Gasteiger partial charge is 0.261 e. The van der Waals surface area contributed by atoms with Crippen LogP contribution in [-0.2, 0) is 21.4 Å². The van der Waals surface area contributed by atoms with Gasteiger partial charge in [0.05, 0.1) is 28.2 Å². The van der Waals surface area contributed by atoms with E-state index in [1.165, 1.54) is 27.9 Å². The molecule has 3 aromatic rings. The summed E-state index contributed by atoms with van der Waals surface area (Å²) in [7, 11) is -2.19. The highest BCUT2D eigenvalue weighted by Crippen LogP contribution is 2.22. The van der Waals surface area contributed by atoms with Gasteiger partial charge >= 0.3 is 0 Å². The zero-order valence-electron chi connectivity index (χ0n) is 17.1. The molecule has 158 valence electrons. The molecule has 1 aromatic heterocycles. The lowest BCUT2D eigenvalue weighted by atomic mass is 10.1. The molecular weight excluding hydrogens is 404 g/mol. The van der Waals surface area contributed by atoms with Gasteiger partial charge in [-0.1, -0.05) is 24.3 Å². The molecule has 2 N–H and O–H groups in total. The summed E-state index contributed by atoms with van der Waals surface area (Å²) in [6.45, 7) is 3.89. The molecule has 0 saturated carbocycles. The van der Waals surface area contributed by atoms with E-state index in [1.54, 1.807) is 38.2 Å². The largest absolute Gasteiger partial charge is 0.339 e. The van der Waals surface area contributed by atoms with Crippen LogP contribution >= 0.6 is 0 Å². The van der Waals surface area contributed by atoms with Crippen molar-refractivity contribution >= 4 is 26.8 Å². The summed E-state index contributed by atoms with van der Waals surface area (Å²) in [6.07, 6.45) is 1.57. The molecule has 0 fully saturated rings. The molecule has 2 aromatic carbocycles. The highest BCUT2D eigenvalue weighted by atomic mass is 32.2. The lowest BCUT2D eigenvalue weighted by molar-refractivity contribution is -0.132. The van der Waals surface area contributed by atoms with Crippen LogP contribution in [0, 0.1) is 6.92 Å². The molecular formula is C21H24N4O4S. The summed E-state index contributed by atoms with van der Waals surface area (Å²) in [4.78, 5) is 31.2. The second kappa shape index (κ2) is 8.37. The maximum Gasteiger partial charge on any atom is 0.261 e. The third kappa shape index (κ3) is 4.42. The summed E-state index contributed by atoms with van der Waals surface area (Å²) in [6, 6.07) is 11.3. The second-order valence-electron chi connectivity index (χ2n) is 7.26. The van der Waals surface area contributed by atoms with Crippen molar-refractivity contribution in [2.24, 2.45) is 5.14 Å². The quantitative estimate of drug-likeness (QED) is 0.644. The zero-order valence-corrected chi connectivity index (χ0v) is 17.9. The van der Waals surface area contributed by atoms with E-state index < -0.39 is 10.0 Å². The number of carbonyl (C=O) groups is 1. The van der Waals surface area contributed by atoms with E-state index in [-0.39, 0.29) is 35.4 Å². The Kier molecular flexibility index (Phi) is 6.04. The van der Waals surface area contributed by atoms with E-state index in [9.17, 15) is 18.0 Å². The van der Waals surface area contributed by atoms with Gasteiger partial charge in [0.15, 0.2) is 0 Å². The number of aryl methyl sites for hydroxylation is 2. The van der Waals surface area contributed by atoms with Gasteiger partial charge in [0.25, 0.3) is 5.56 Å². The average Bonchev–Trinajstić information content (AvgIpc) is 2.72. The molecule has 0 radical (unpaired) electrons. The summed E-state index contributed by atoms with van der Waals surface area (Å²) in [5.41, 5.74) is 2.04. The molecule has 0 aliphatic rings. The first-order chi connectivity index (χ1) is 14.1. The highest BCUT2D eigenvalue weighted by molar-refractivity contribution is 7.89. The number of rotatable bonds is 6. The topological polar surface area (TPSA) is 115 Å². The van der Waals surface area contributed by atoms with Gasteiger partial charge in [-0.2, -0.15) is 0 Å². The number of amides is 1. The average molecular weight is 429 g/mol. The molecule has 0 bridgehead atoms. The third-order valence-corrected chi connectivity index (χ3v) is 6.18. The van der Waals surface area contributed by atoms with Gasteiger partial charge in [-0.25, -0.2) is 18.5 Å². The SMILES string of the molecule is Cc1cccc2c(=O)n(CCC(=O)N(C)C(C)c3cccc(S(N)(=O)=O)c3)cnc12. The van der Waals surface area contributed by atoms with Crippen LogP contribution in [0.25, 0.3) is 10.9 Å². The number of sulfonamides is 1. The number of carbonyl (C=O) groups excluding carboxylic acids is 1. The van der Waals surface area contributed by atoms with Gasteiger partial charge in [0.2, 0.25) is 15.9 Å². The third-order valence-electron chi connectivity index (χ3n) is 5.27. The van der Waals surface area contributed by atoms with Crippen molar-refractivity contribution in [1.29, 1.82) is 0 Å². The first-order valence-electron chi connectivity index (χ1n) is 9.43. The fourth-order valence-electron chi connectivity index (χ4n) is 3.28. The Bertz CT molecular complexity index is 1270. The number of fused-ring (bicyclic) bond motifs is 1. The summed E-state index contributed by atoms with van der Waals surface area (Å²) in [5.74, 6) is -0.181. The maximum absolute atomic E-state index is 12.7. The number of para-hydroxylation sites is 1. The Morgan fingerprint density at radius 3 is 2.63 bits per heavy atom. The number of hydrogen-bond acceptors (Lipinski definition) is 5. The van der Waals surface area contributed by atoms with Crippen molar-refractivity contribution < 1.29 is 13.2 Å².